The van der Waals surface area contributed by atoms with Crippen molar-refractivity contribution >= 4 is 15.6 Å². The number of ketones is 1. The highest BCUT2D eigenvalue weighted by molar-refractivity contribution is 7.90. The maximum Gasteiger partial charge on any atom is 0.153 e. The molecule has 18 heavy (non-hydrogen) atoms. The fourth-order valence-electron chi connectivity index (χ4n) is 2.20. The van der Waals surface area contributed by atoms with Crippen LogP contribution in [0.25, 0.3) is 0 Å². The number of rotatable bonds is 6. The van der Waals surface area contributed by atoms with Gasteiger partial charge < -0.3 is 4.74 Å². The van der Waals surface area contributed by atoms with E-state index in [1.165, 1.54) is 0 Å². The molecule has 1 atom stereocenters. The Kier molecular flexibility index (Phi) is 5.31. The van der Waals surface area contributed by atoms with Crippen molar-refractivity contribution in [1.29, 1.82) is 0 Å². The Morgan fingerprint density at radius 2 is 1.89 bits per heavy atom. The van der Waals surface area contributed by atoms with Gasteiger partial charge >= 0.3 is 0 Å². The normalized spacial score (nSPS) is 21.5. The number of carbonyl (C=O) groups excluding carboxylic acids is 1. The van der Waals surface area contributed by atoms with E-state index in [9.17, 15) is 13.2 Å². The second-order valence-electron chi connectivity index (χ2n) is 5.03. The summed E-state index contributed by atoms with van der Waals surface area (Å²) in [5.41, 5.74) is -0.561. The van der Waals surface area contributed by atoms with E-state index < -0.39 is 15.4 Å². The van der Waals surface area contributed by atoms with E-state index in [-0.39, 0.29) is 18.0 Å². The molecule has 5 nitrogen and oxygen atoms in total. The van der Waals surface area contributed by atoms with Crippen molar-refractivity contribution in [3.63, 3.8) is 0 Å². The molecular formula is C12H23NO4S. The first kappa shape index (κ1) is 15.6. The Hall–Kier alpha value is -0.460. The standard InChI is InChI=1S/C12H23NO4S/c1-4-12(2,13-6-8-17-9-7-13)11(14)5-10-18(3,15)16/h4-10H2,1-3H3. The molecule has 1 fully saturated rings. The van der Waals surface area contributed by atoms with Crippen LogP contribution in [-0.2, 0) is 19.4 Å². The van der Waals surface area contributed by atoms with Crippen LogP contribution in [0.3, 0.4) is 0 Å². The van der Waals surface area contributed by atoms with E-state index in [0.29, 0.717) is 19.6 Å². The first-order valence-corrected chi connectivity index (χ1v) is 8.39. The van der Waals surface area contributed by atoms with Crippen LogP contribution in [0.4, 0.5) is 0 Å². The molecule has 0 saturated carbocycles. The highest BCUT2D eigenvalue weighted by Gasteiger charge is 2.37. The number of morpholine rings is 1. The number of sulfone groups is 1. The second kappa shape index (κ2) is 6.12. The van der Waals surface area contributed by atoms with Crippen molar-refractivity contribution < 1.29 is 17.9 Å². The maximum atomic E-state index is 12.3. The largest absolute Gasteiger partial charge is 0.379 e. The predicted octanol–water partition coefficient (Wildman–Crippen LogP) is 0.491. The first-order chi connectivity index (χ1) is 8.29. The van der Waals surface area contributed by atoms with Gasteiger partial charge in [0.2, 0.25) is 0 Å². The number of Topliss-reactive ketones (excluding diaryl/α,β-unsaturated/α-hetero) is 1. The number of hydrogen-bond donors (Lipinski definition) is 0. The van der Waals surface area contributed by atoms with Crippen LogP contribution in [-0.4, -0.2) is 63.0 Å². The van der Waals surface area contributed by atoms with Crippen molar-refractivity contribution in [1.82, 2.24) is 4.90 Å². The van der Waals surface area contributed by atoms with Gasteiger partial charge in [-0.3, -0.25) is 9.69 Å². The summed E-state index contributed by atoms with van der Waals surface area (Å²) in [6.07, 6.45) is 1.95. The lowest BCUT2D eigenvalue weighted by molar-refractivity contribution is -0.133. The molecule has 1 unspecified atom stereocenters. The lowest BCUT2D eigenvalue weighted by atomic mass is 9.89. The van der Waals surface area contributed by atoms with Crippen molar-refractivity contribution in [2.45, 2.75) is 32.2 Å². The molecular weight excluding hydrogens is 254 g/mol. The van der Waals surface area contributed by atoms with Gasteiger partial charge in [0.15, 0.2) is 5.78 Å². The zero-order valence-electron chi connectivity index (χ0n) is 11.4. The van der Waals surface area contributed by atoms with E-state index >= 15 is 0 Å². The molecule has 6 heteroatoms. The number of ether oxygens (including phenoxy) is 1. The van der Waals surface area contributed by atoms with Gasteiger partial charge in [0.25, 0.3) is 0 Å². The van der Waals surface area contributed by atoms with Gasteiger partial charge in [-0.2, -0.15) is 0 Å². The molecule has 0 amide bonds. The van der Waals surface area contributed by atoms with E-state index in [1.807, 2.05) is 13.8 Å². The van der Waals surface area contributed by atoms with E-state index in [0.717, 1.165) is 19.3 Å². The van der Waals surface area contributed by atoms with Crippen LogP contribution in [0.2, 0.25) is 0 Å². The topological polar surface area (TPSA) is 63.7 Å². The minimum atomic E-state index is -3.08. The molecule has 1 aliphatic rings. The summed E-state index contributed by atoms with van der Waals surface area (Å²) >= 11 is 0. The monoisotopic (exact) mass is 277 g/mol. The van der Waals surface area contributed by atoms with E-state index in [2.05, 4.69) is 4.90 Å². The quantitative estimate of drug-likeness (QED) is 0.707. The summed E-state index contributed by atoms with van der Waals surface area (Å²) in [5, 5.41) is 0. The van der Waals surface area contributed by atoms with Crippen LogP contribution in [0, 0.1) is 0 Å². The minimum Gasteiger partial charge on any atom is -0.379 e. The van der Waals surface area contributed by atoms with Gasteiger partial charge in [0.05, 0.1) is 24.5 Å². The molecule has 1 heterocycles. The fraction of sp³-hybridized carbons (Fsp3) is 0.917. The third-order valence-corrected chi connectivity index (χ3v) is 4.64. The van der Waals surface area contributed by atoms with E-state index in [4.69, 9.17) is 4.74 Å². The van der Waals surface area contributed by atoms with Crippen molar-refractivity contribution in [3.05, 3.63) is 0 Å². The molecule has 0 N–H and O–H groups in total. The highest BCUT2D eigenvalue weighted by atomic mass is 32.2. The fourth-order valence-corrected chi connectivity index (χ4v) is 2.76. The molecule has 1 aliphatic heterocycles. The average Bonchev–Trinajstić information content (AvgIpc) is 2.35. The third-order valence-electron chi connectivity index (χ3n) is 3.70. The van der Waals surface area contributed by atoms with Crippen molar-refractivity contribution in [2.75, 3.05) is 38.3 Å². The molecule has 0 aromatic carbocycles. The van der Waals surface area contributed by atoms with Gasteiger partial charge in [-0.1, -0.05) is 6.92 Å². The predicted molar refractivity (Wildman–Crippen MR) is 70.4 cm³/mol. The molecule has 0 radical (unpaired) electrons. The van der Waals surface area contributed by atoms with Crippen molar-refractivity contribution in [3.8, 4) is 0 Å². The SMILES string of the molecule is CCC(C)(C(=O)CCS(C)(=O)=O)N1CCOCC1. The third kappa shape index (κ3) is 4.03. The maximum absolute atomic E-state index is 12.3. The lowest BCUT2D eigenvalue weighted by Gasteiger charge is -2.41. The van der Waals surface area contributed by atoms with Crippen LogP contribution in [0.15, 0.2) is 0 Å². The molecule has 1 saturated heterocycles. The summed E-state index contributed by atoms with van der Waals surface area (Å²) in [7, 11) is -3.08. The highest BCUT2D eigenvalue weighted by Crippen LogP contribution is 2.23. The summed E-state index contributed by atoms with van der Waals surface area (Å²) in [5.74, 6) is -0.0523. The van der Waals surface area contributed by atoms with Gasteiger partial charge in [0.1, 0.15) is 9.84 Å². The molecule has 0 bridgehead atoms. The molecule has 0 aromatic heterocycles. The van der Waals surface area contributed by atoms with Gasteiger partial charge in [-0.05, 0) is 13.3 Å². The Balaban J connectivity index is 2.70. The van der Waals surface area contributed by atoms with Crippen LogP contribution in [0.1, 0.15) is 26.7 Å². The summed E-state index contributed by atoms with van der Waals surface area (Å²) in [6, 6.07) is 0. The zero-order valence-corrected chi connectivity index (χ0v) is 12.3. The van der Waals surface area contributed by atoms with Gasteiger partial charge in [-0.25, -0.2) is 8.42 Å². The molecule has 0 spiro atoms. The molecule has 1 rings (SSSR count). The minimum absolute atomic E-state index is 0.0114. The van der Waals surface area contributed by atoms with Crippen LogP contribution < -0.4 is 0 Å². The first-order valence-electron chi connectivity index (χ1n) is 6.33. The Bertz CT molecular complexity index is 387. The van der Waals surface area contributed by atoms with Gasteiger partial charge in [-0.15, -0.1) is 0 Å². The smallest absolute Gasteiger partial charge is 0.153 e. The number of carbonyl (C=O) groups is 1. The summed E-state index contributed by atoms with van der Waals surface area (Å²) in [4.78, 5) is 14.4. The summed E-state index contributed by atoms with van der Waals surface area (Å²) < 4.78 is 27.6. The van der Waals surface area contributed by atoms with Crippen LogP contribution >= 0.6 is 0 Å². The Labute approximate surface area is 109 Å². The number of hydrogen-bond acceptors (Lipinski definition) is 5. The zero-order chi connectivity index (χ0) is 13.8. The Morgan fingerprint density at radius 1 is 1.33 bits per heavy atom. The molecule has 0 aromatic rings. The van der Waals surface area contributed by atoms with Gasteiger partial charge in [0, 0.05) is 25.8 Å². The van der Waals surface area contributed by atoms with Crippen molar-refractivity contribution in [2.24, 2.45) is 0 Å². The average molecular weight is 277 g/mol. The number of nitrogens with zero attached hydrogens (tertiary/aromatic N) is 1. The van der Waals surface area contributed by atoms with E-state index in [1.54, 1.807) is 0 Å². The lowest BCUT2D eigenvalue weighted by Crippen LogP contribution is -2.56. The van der Waals surface area contributed by atoms with Crippen LogP contribution in [0.5, 0.6) is 0 Å². The molecule has 0 aliphatic carbocycles. The summed E-state index contributed by atoms with van der Waals surface area (Å²) in [6.45, 7) is 6.60. The Morgan fingerprint density at radius 3 is 2.33 bits per heavy atom. The second-order valence-corrected chi connectivity index (χ2v) is 7.29. The molecule has 106 valence electrons.